The van der Waals surface area contributed by atoms with Gasteiger partial charge in [-0.15, -0.1) is 11.8 Å². The molecule has 4 rings (SSSR count). The summed E-state index contributed by atoms with van der Waals surface area (Å²) in [5.41, 5.74) is 1.27. The van der Waals surface area contributed by atoms with Crippen LogP contribution in [0.5, 0.6) is 11.5 Å². The highest BCUT2D eigenvalue weighted by atomic mass is 32.2. The fraction of sp³-hybridized carbons (Fsp3) is 0.381. The Morgan fingerprint density at radius 1 is 1.17 bits per heavy atom. The molecule has 2 aromatic carbocycles. The highest BCUT2D eigenvalue weighted by Crippen LogP contribution is 2.35. The smallest absolute Gasteiger partial charge is 0.283 e. The van der Waals surface area contributed by atoms with Gasteiger partial charge in [0.05, 0.1) is 9.82 Å². The summed E-state index contributed by atoms with van der Waals surface area (Å²) in [7, 11) is 0. The number of thioether (sulfide) groups is 1. The van der Waals surface area contributed by atoms with E-state index in [2.05, 4.69) is 0 Å². The quantitative estimate of drug-likeness (QED) is 0.389. The van der Waals surface area contributed by atoms with Gasteiger partial charge in [0.2, 0.25) is 6.79 Å². The molecule has 0 aromatic heterocycles. The van der Waals surface area contributed by atoms with Gasteiger partial charge in [0.15, 0.2) is 11.5 Å². The maximum absolute atomic E-state index is 13.4. The second-order valence-electron chi connectivity index (χ2n) is 7.20. The molecule has 0 unspecified atom stereocenters. The van der Waals surface area contributed by atoms with Crippen LogP contribution < -0.4 is 9.47 Å². The van der Waals surface area contributed by atoms with Crippen molar-refractivity contribution >= 4 is 23.4 Å². The fourth-order valence-corrected chi connectivity index (χ4v) is 4.50. The lowest BCUT2D eigenvalue weighted by atomic mass is 10.1. The second-order valence-corrected chi connectivity index (χ2v) is 8.05. The van der Waals surface area contributed by atoms with Crippen LogP contribution in [0, 0.1) is 10.1 Å². The Balaban J connectivity index is 1.64. The summed E-state index contributed by atoms with van der Waals surface area (Å²) in [6.45, 7) is 0.633. The lowest BCUT2D eigenvalue weighted by Gasteiger charge is -2.29. The van der Waals surface area contributed by atoms with E-state index in [-0.39, 0.29) is 24.4 Å². The Morgan fingerprint density at radius 2 is 1.93 bits per heavy atom. The summed E-state index contributed by atoms with van der Waals surface area (Å²) in [6, 6.07) is 10.6. The number of nitro groups is 1. The van der Waals surface area contributed by atoms with Crippen LogP contribution in [0.4, 0.5) is 5.69 Å². The molecular formula is C21H22N2O5S. The standard InChI is InChI=1S/C21H22N2O5S/c1-29-20-9-7-15(11-17(20)23(25)26)21(24)22(16-4-2-3-5-16)12-14-6-8-18-19(10-14)28-13-27-18/h6-11,16H,2-5,12-13H2,1H3. The first kappa shape index (κ1) is 19.6. The van der Waals surface area contributed by atoms with Gasteiger partial charge in [-0.3, -0.25) is 14.9 Å². The van der Waals surface area contributed by atoms with Crippen LogP contribution in [0.2, 0.25) is 0 Å². The van der Waals surface area contributed by atoms with E-state index in [4.69, 9.17) is 9.47 Å². The third kappa shape index (κ3) is 4.03. The molecule has 29 heavy (non-hydrogen) atoms. The van der Waals surface area contributed by atoms with Crippen LogP contribution in [0.25, 0.3) is 0 Å². The Bertz CT molecular complexity index is 943. The predicted octanol–water partition coefficient (Wildman–Crippen LogP) is 4.63. The summed E-state index contributed by atoms with van der Waals surface area (Å²) in [5.74, 6) is 1.21. The Labute approximate surface area is 173 Å². The van der Waals surface area contributed by atoms with Crippen molar-refractivity contribution in [1.29, 1.82) is 0 Å². The van der Waals surface area contributed by atoms with E-state index < -0.39 is 4.92 Å². The maximum Gasteiger partial charge on any atom is 0.283 e. The molecule has 1 aliphatic carbocycles. The number of nitro benzene ring substituents is 1. The molecular weight excluding hydrogens is 392 g/mol. The number of benzene rings is 2. The maximum atomic E-state index is 13.4. The van der Waals surface area contributed by atoms with Gasteiger partial charge in [-0.2, -0.15) is 0 Å². The highest BCUT2D eigenvalue weighted by molar-refractivity contribution is 7.98. The van der Waals surface area contributed by atoms with Crippen molar-refractivity contribution in [2.45, 2.75) is 43.2 Å². The lowest BCUT2D eigenvalue weighted by molar-refractivity contribution is -0.387. The molecule has 1 aliphatic heterocycles. The van der Waals surface area contributed by atoms with Gasteiger partial charge in [0, 0.05) is 24.2 Å². The summed E-state index contributed by atoms with van der Waals surface area (Å²) in [6.07, 6.45) is 5.85. The normalized spacial score (nSPS) is 15.5. The molecule has 1 saturated carbocycles. The molecule has 7 nitrogen and oxygen atoms in total. The van der Waals surface area contributed by atoms with Crippen molar-refractivity contribution < 1.29 is 19.2 Å². The molecule has 0 N–H and O–H groups in total. The molecule has 2 aromatic rings. The first-order valence-corrected chi connectivity index (χ1v) is 10.8. The van der Waals surface area contributed by atoms with Gasteiger partial charge < -0.3 is 14.4 Å². The Morgan fingerprint density at radius 3 is 2.66 bits per heavy atom. The predicted molar refractivity (Wildman–Crippen MR) is 110 cm³/mol. The van der Waals surface area contributed by atoms with Crippen LogP contribution >= 0.6 is 11.8 Å². The molecule has 152 valence electrons. The van der Waals surface area contributed by atoms with Crippen LogP contribution in [0.15, 0.2) is 41.3 Å². The number of fused-ring (bicyclic) bond motifs is 1. The summed E-state index contributed by atoms with van der Waals surface area (Å²) in [5, 5.41) is 11.4. The molecule has 1 heterocycles. The van der Waals surface area contributed by atoms with Crippen LogP contribution in [-0.4, -0.2) is 34.8 Å². The lowest BCUT2D eigenvalue weighted by Crippen LogP contribution is -2.38. The number of hydrogen-bond donors (Lipinski definition) is 0. The van der Waals surface area contributed by atoms with E-state index >= 15 is 0 Å². The SMILES string of the molecule is CSc1ccc(C(=O)N(Cc2ccc3c(c2)OCO3)C2CCCC2)cc1[N+](=O)[O-]. The minimum absolute atomic E-state index is 0.0298. The minimum atomic E-state index is -0.430. The number of rotatable bonds is 6. The first-order chi connectivity index (χ1) is 14.1. The molecule has 0 bridgehead atoms. The molecule has 0 saturated heterocycles. The van der Waals surface area contributed by atoms with E-state index in [1.807, 2.05) is 23.1 Å². The second kappa shape index (κ2) is 8.32. The molecule has 1 fully saturated rings. The molecule has 0 atom stereocenters. The van der Waals surface area contributed by atoms with Gasteiger partial charge >= 0.3 is 0 Å². The topological polar surface area (TPSA) is 81.9 Å². The zero-order chi connectivity index (χ0) is 20.4. The third-order valence-electron chi connectivity index (χ3n) is 5.44. The Kier molecular flexibility index (Phi) is 5.62. The van der Waals surface area contributed by atoms with Crippen molar-refractivity contribution in [3.8, 4) is 11.5 Å². The molecule has 8 heteroatoms. The highest BCUT2D eigenvalue weighted by Gasteiger charge is 2.29. The minimum Gasteiger partial charge on any atom is -0.454 e. The molecule has 0 radical (unpaired) electrons. The number of hydrogen-bond acceptors (Lipinski definition) is 6. The Hall–Kier alpha value is -2.74. The average Bonchev–Trinajstić information content (AvgIpc) is 3.42. The van der Waals surface area contributed by atoms with Gasteiger partial charge in [-0.05, 0) is 48.9 Å². The molecule has 2 aliphatic rings. The monoisotopic (exact) mass is 414 g/mol. The molecule has 0 spiro atoms. The van der Waals surface area contributed by atoms with E-state index in [1.165, 1.54) is 17.8 Å². The summed E-state index contributed by atoms with van der Waals surface area (Å²) < 4.78 is 10.8. The van der Waals surface area contributed by atoms with Gasteiger partial charge in [0.1, 0.15) is 0 Å². The van der Waals surface area contributed by atoms with Crippen LogP contribution in [0.1, 0.15) is 41.6 Å². The number of amides is 1. The largest absolute Gasteiger partial charge is 0.454 e. The van der Waals surface area contributed by atoms with Crippen molar-refractivity contribution in [2.24, 2.45) is 0 Å². The van der Waals surface area contributed by atoms with Gasteiger partial charge in [0.25, 0.3) is 11.6 Å². The molecule has 1 amide bonds. The first-order valence-electron chi connectivity index (χ1n) is 9.59. The van der Waals surface area contributed by atoms with Crippen molar-refractivity contribution in [2.75, 3.05) is 13.0 Å². The number of nitrogens with zero attached hydrogens (tertiary/aromatic N) is 2. The average molecular weight is 414 g/mol. The van der Waals surface area contributed by atoms with Crippen molar-refractivity contribution in [1.82, 2.24) is 4.90 Å². The summed E-state index contributed by atoms with van der Waals surface area (Å²) >= 11 is 1.30. The van der Waals surface area contributed by atoms with Crippen LogP contribution in [0.3, 0.4) is 0 Å². The van der Waals surface area contributed by atoms with Crippen molar-refractivity contribution in [3.05, 3.63) is 57.6 Å². The van der Waals surface area contributed by atoms with Crippen molar-refractivity contribution in [3.63, 3.8) is 0 Å². The third-order valence-corrected chi connectivity index (χ3v) is 6.22. The fourth-order valence-electron chi connectivity index (χ4n) is 3.95. The van der Waals surface area contributed by atoms with E-state index in [9.17, 15) is 14.9 Å². The van der Waals surface area contributed by atoms with E-state index in [1.54, 1.807) is 18.4 Å². The van der Waals surface area contributed by atoms with Gasteiger partial charge in [-0.1, -0.05) is 18.9 Å². The zero-order valence-electron chi connectivity index (χ0n) is 16.1. The zero-order valence-corrected chi connectivity index (χ0v) is 16.9. The number of ether oxygens (including phenoxy) is 2. The number of carbonyl (C=O) groups is 1. The van der Waals surface area contributed by atoms with Gasteiger partial charge in [-0.25, -0.2) is 0 Å². The van der Waals surface area contributed by atoms with E-state index in [0.29, 0.717) is 28.5 Å². The summed E-state index contributed by atoms with van der Waals surface area (Å²) in [4.78, 5) is 26.8. The van der Waals surface area contributed by atoms with E-state index in [0.717, 1.165) is 31.2 Å². The number of carbonyl (C=O) groups excluding carboxylic acids is 1. The van der Waals surface area contributed by atoms with Crippen LogP contribution in [-0.2, 0) is 6.54 Å².